The number of rotatable bonds is 3. The summed E-state index contributed by atoms with van der Waals surface area (Å²) in [4.78, 5) is 1.08. The molecule has 0 aliphatic heterocycles. The van der Waals surface area contributed by atoms with E-state index in [1.165, 1.54) is 0 Å². The zero-order valence-corrected chi connectivity index (χ0v) is 7.66. The number of hydrogen-bond donors (Lipinski definition) is 3. The number of nitrogens with zero attached hydrogens (tertiary/aromatic N) is 1. The van der Waals surface area contributed by atoms with Crippen LogP contribution in [0.25, 0.3) is 0 Å². The van der Waals surface area contributed by atoms with Gasteiger partial charge in [-0.05, 0) is 12.1 Å². The second-order valence-electron chi connectivity index (χ2n) is 2.56. The molecule has 0 saturated carbocycles. The van der Waals surface area contributed by atoms with Crippen molar-refractivity contribution in [3.8, 4) is 6.07 Å². The van der Waals surface area contributed by atoms with Crippen molar-refractivity contribution in [3.05, 3.63) is 21.9 Å². The van der Waals surface area contributed by atoms with Gasteiger partial charge in [-0.2, -0.15) is 5.26 Å². The summed E-state index contributed by atoms with van der Waals surface area (Å²) in [5.74, 6) is 0. The molecule has 1 aromatic heterocycles. The minimum atomic E-state index is -0.989. The van der Waals surface area contributed by atoms with Gasteiger partial charge in [0.05, 0.1) is 6.10 Å². The number of aliphatic hydroxyl groups is 2. The van der Waals surface area contributed by atoms with Crippen molar-refractivity contribution in [2.45, 2.75) is 12.2 Å². The fourth-order valence-electron chi connectivity index (χ4n) is 0.890. The summed E-state index contributed by atoms with van der Waals surface area (Å²) in [6.45, 7) is 0.000946. The van der Waals surface area contributed by atoms with Crippen molar-refractivity contribution >= 4 is 11.3 Å². The molecule has 13 heavy (non-hydrogen) atoms. The van der Waals surface area contributed by atoms with Crippen molar-refractivity contribution in [1.82, 2.24) is 0 Å². The SMILES string of the molecule is N#Cc1ccc(C(O)C(O)CN)s1. The lowest BCUT2D eigenvalue weighted by atomic mass is 10.2. The maximum atomic E-state index is 9.47. The molecule has 1 rings (SSSR count). The third-order valence-electron chi connectivity index (χ3n) is 1.63. The molecule has 5 heteroatoms. The second kappa shape index (κ2) is 4.35. The zero-order chi connectivity index (χ0) is 9.84. The fraction of sp³-hybridized carbons (Fsp3) is 0.375. The van der Waals surface area contributed by atoms with Gasteiger partial charge in [0.15, 0.2) is 0 Å². The summed E-state index contributed by atoms with van der Waals surface area (Å²) < 4.78 is 0. The van der Waals surface area contributed by atoms with E-state index in [0.29, 0.717) is 9.75 Å². The van der Waals surface area contributed by atoms with Crippen molar-refractivity contribution in [2.24, 2.45) is 5.73 Å². The normalized spacial score (nSPS) is 14.9. The van der Waals surface area contributed by atoms with Crippen LogP contribution in [0.15, 0.2) is 12.1 Å². The predicted octanol–water partition coefficient (Wildman–Crippen LogP) is -0.0272. The summed E-state index contributed by atoms with van der Waals surface area (Å²) in [6, 6.07) is 5.18. The maximum absolute atomic E-state index is 9.47. The Morgan fingerprint density at radius 3 is 2.69 bits per heavy atom. The van der Waals surface area contributed by atoms with Crippen LogP contribution in [0.4, 0.5) is 0 Å². The van der Waals surface area contributed by atoms with Crippen LogP contribution in [0.2, 0.25) is 0 Å². The van der Waals surface area contributed by atoms with Gasteiger partial charge in [-0.25, -0.2) is 0 Å². The summed E-state index contributed by atoms with van der Waals surface area (Å²) in [7, 11) is 0. The van der Waals surface area contributed by atoms with Crippen molar-refractivity contribution < 1.29 is 10.2 Å². The molecule has 0 aromatic carbocycles. The highest BCUT2D eigenvalue weighted by Gasteiger charge is 2.18. The third-order valence-corrected chi connectivity index (χ3v) is 2.69. The molecule has 2 unspecified atom stereocenters. The van der Waals surface area contributed by atoms with E-state index in [4.69, 9.17) is 11.0 Å². The molecule has 2 atom stereocenters. The number of aliphatic hydroxyl groups excluding tert-OH is 2. The number of nitrogens with two attached hydrogens (primary N) is 1. The minimum Gasteiger partial charge on any atom is -0.389 e. The van der Waals surface area contributed by atoms with Gasteiger partial charge in [-0.1, -0.05) is 0 Å². The molecule has 4 nitrogen and oxygen atoms in total. The molecule has 4 N–H and O–H groups in total. The Hall–Kier alpha value is -0.930. The Balaban J connectivity index is 2.78. The molecule has 0 aliphatic rings. The molecule has 1 aromatic rings. The van der Waals surface area contributed by atoms with E-state index in [1.807, 2.05) is 6.07 Å². The molecular weight excluding hydrogens is 188 g/mol. The van der Waals surface area contributed by atoms with E-state index in [0.717, 1.165) is 11.3 Å². The molecule has 0 amide bonds. The Morgan fingerprint density at radius 2 is 2.23 bits per heavy atom. The minimum absolute atomic E-state index is 0.000946. The Kier molecular flexibility index (Phi) is 3.39. The first-order valence-corrected chi connectivity index (χ1v) is 4.56. The Morgan fingerprint density at radius 1 is 1.54 bits per heavy atom. The lowest BCUT2D eigenvalue weighted by Crippen LogP contribution is -2.26. The molecule has 0 fully saturated rings. The van der Waals surface area contributed by atoms with E-state index >= 15 is 0 Å². The summed E-state index contributed by atoms with van der Waals surface area (Å²) >= 11 is 1.16. The number of nitriles is 1. The van der Waals surface area contributed by atoms with Crippen molar-refractivity contribution in [2.75, 3.05) is 6.54 Å². The zero-order valence-electron chi connectivity index (χ0n) is 6.84. The first kappa shape index (κ1) is 10.2. The smallest absolute Gasteiger partial charge is 0.115 e. The Labute approximate surface area is 79.9 Å². The molecule has 70 valence electrons. The van der Waals surface area contributed by atoms with Gasteiger partial charge in [-0.15, -0.1) is 11.3 Å². The standard InChI is InChI=1S/C8H10N2O2S/c9-3-5-1-2-7(13-5)8(12)6(11)4-10/h1-2,6,8,11-12H,4,10H2. The van der Waals surface area contributed by atoms with Crippen LogP contribution < -0.4 is 5.73 Å². The molecule has 1 heterocycles. The molecular formula is C8H10N2O2S. The molecule has 0 saturated heterocycles. The monoisotopic (exact) mass is 198 g/mol. The van der Waals surface area contributed by atoms with E-state index in [-0.39, 0.29) is 6.54 Å². The van der Waals surface area contributed by atoms with Crippen LogP contribution in [0.3, 0.4) is 0 Å². The number of hydrogen-bond acceptors (Lipinski definition) is 5. The van der Waals surface area contributed by atoms with Gasteiger partial charge in [0.1, 0.15) is 17.1 Å². The van der Waals surface area contributed by atoms with Crippen molar-refractivity contribution in [1.29, 1.82) is 5.26 Å². The predicted molar refractivity (Wildman–Crippen MR) is 49.1 cm³/mol. The van der Waals surface area contributed by atoms with E-state index in [9.17, 15) is 10.2 Å². The van der Waals surface area contributed by atoms with E-state index < -0.39 is 12.2 Å². The van der Waals surface area contributed by atoms with Gasteiger partial charge in [0, 0.05) is 11.4 Å². The Bertz CT molecular complexity index is 318. The average Bonchev–Trinajstić information content (AvgIpc) is 2.63. The fourth-order valence-corrected chi connectivity index (χ4v) is 1.74. The topological polar surface area (TPSA) is 90.3 Å². The highest BCUT2D eigenvalue weighted by molar-refractivity contribution is 7.12. The molecule has 0 radical (unpaired) electrons. The van der Waals surface area contributed by atoms with Gasteiger partial charge < -0.3 is 15.9 Å². The highest BCUT2D eigenvalue weighted by Crippen LogP contribution is 2.24. The number of thiophene rings is 1. The molecule has 0 spiro atoms. The highest BCUT2D eigenvalue weighted by atomic mass is 32.1. The van der Waals surface area contributed by atoms with E-state index in [2.05, 4.69) is 0 Å². The van der Waals surface area contributed by atoms with Crippen molar-refractivity contribution in [3.63, 3.8) is 0 Å². The second-order valence-corrected chi connectivity index (χ2v) is 3.68. The largest absolute Gasteiger partial charge is 0.389 e. The maximum Gasteiger partial charge on any atom is 0.115 e. The summed E-state index contributed by atoms with van der Waals surface area (Å²) in [5, 5.41) is 27.2. The first-order valence-electron chi connectivity index (χ1n) is 3.75. The first-order chi connectivity index (χ1) is 6.19. The van der Waals surface area contributed by atoms with Gasteiger partial charge >= 0.3 is 0 Å². The van der Waals surface area contributed by atoms with Crippen LogP contribution >= 0.6 is 11.3 Å². The van der Waals surface area contributed by atoms with Gasteiger partial charge in [-0.3, -0.25) is 0 Å². The third kappa shape index (κ3) is 2.26. The van der Waals surface area contributed by atoms with Gasteiger partial charge in [0.25, 0.3) is 0 Å². The van der Waals surface area contributed by atoms with Gasteiger partial charge in [0.2, 0.25) is 0 Å². The average molecular weight is 198 g/mol. The van der Waals surface area contributed by atoms with Crippen LogP contribution in [0, 0.1) is 11.3 Å². The summed E-state index contributed by atoms with van der Waals surface area (Å²) in [6.07, 6.45) is -1.96. The summed E-state index contributed by atoms with van der Waals surface area (Å²) in [5.41, 5.74) is 5.18. The molecule has 0 aliphatic carbocycles. The quantitative estimate of drug-likeness (QED) is 0.636. The van der Waals surface area contributed by atoms with Crippen LogP contribution in [-0.2, 0) is 0 Å². The molecule has 0 bridgehead atoms. The lowest BCUT2D eigenvalue weighted by Gasteiger charge is -2.13. The van der Waals surface area contributed by atoms with Crippen LogP contribution in [0.5, 0.6) is 0 Å². The van der Waals surface area contributed by atoms with Crippen LogP contribution in [0.1, 0.15) is 15.9 Å². The van der Waals surface area contributed by atoms with E-state index in [1.54, 1.807) is 12.1 Å². The lowest BCUT2D eigenvalue weighted by molar-refractivity contribution is 0.0265. The van der Waals surface area contributed by atoms with Crippen LogP contribution in [-0.4, -0.2) is 22.9 Å².